The lowest BCUT2D eigenvalue weighted by Gasteiger charge is -2.06. The van der Waals surface area contributed by atoms with Crippen LogP contribution in [0.3, 0.4) is 0 Å². The SMILES string of the molecule is Cc1ccc(-c2noc(CCNC(=O)CCOc3ccccc3)n2)cc1. The van der Waals surface area contributed by atoms with Crippen LogP contribution in [-0.2, 0) is 11.2 Å². The highest BCUT2D eigenvalue weighted by Gasteiger charge is 2.09. The van der Waals surface area contributed by atoms with Crippen molar-refractivity contribution in [3.63, 3.8) is 0 Å². The molecule has 1 amide bonds. The minimum Gasteiger partial charge on any atom is -0.493 e. The number of aromatic nitrogens is 2. The number of amides is 1. The minimum absolute atomic E-state index is 0.0702. The smallest absolute Gasteiger partial charge is 0.228 e. The number of nitrogens with one attached hydrogen (secondary N) is 1. The van der Waals surface area contributed by atoms with Gasteiger partial charge in [0.15, 0.2) is 0 Å². The van der Waals surface area contributed by atoms with E-state index >= 15 is 0 Å². The van der Waals surface area contributed by atoms with Crippen LogP contribution in [-0.4, -0.2) is 29.2 Å². The highest BCUT2D eigenvalue weighted by atomic mass is 16.5. The fraction of sp³-hybridized carbons (Fsp3) is 0.250. The number of aryl methyl sites for hydroxylation is 1. The standard InChI is InChI=1S/C20H21N3O3/c1-15-7-9-16(10-8-15)20-22-19(26-23-20)11-13-21-18(24)12-14-25-17-5-3-2-4-6-17/h2-10H,11-14H2,1H3,(H,21,24). The first kappa shape index (κ1) is 17.7. The van der Waals surface area contributed by atoms with Crippen molar-refractivity contribution in [1.29, 1.82) is 0 Å². The number of benzene rings is 2. The fourth-order valence-electron chi connectivity index (χ4n) is 2.35. The second-order valence-corrected chi connectivity index (χ2v) is 5.89. The van der Waals surface area contributed by atoms with Crippen LogP contribution >= 0.6 is 0 Å². The summed E-state index contributed by atoms with van der Waals surface area (Å²) in [7, 11) is 0. The second kappa shape index (κ2) is 8.80. The third-order valence-electron chi connectivity index (χ3n) is 3.78. The summed E-state index contributed by atoms with van der Waals surface area (Å²) in [5, 5.41) is 6.81. The van der Waals surface area contributed by atoms with Gasteiger partial charge in [-0.05, 0) is 19.1 Å². The quantitative estimate of drug-likeness (QED) is 0.674. The molecule has 0 radical (unpaired) electrons. The van der Waals surface area contributed by atoms with Crippen molar-refractivity contribution >= 4 is 5.91 Å². The molecular formula is C20H21N3O3. The van der Waals surface area contributed by atoms with Gasteiger partial charge in [0, 0.05) is 18.5 Å². The van der Waals surface area contributed by atoms with Gasteiger partial charge in [-0.2, -0.15) is 4.98 Å². The van der Waals surface area contributed by atoms with Crippen molar-refractivity contribution in [3.05, 3.63) is 66.1 Å². The van der Waals surface area contributed by atoms with E-state index in [1.165, 1.54) is 5.56 Å². The normalized spacial score (nSPS) is 10.5. The van der Waals surface area contributed by atoms with Crippen LogP contribution in [0.15, 0.2) is 59.1 Å². The zero-order valence-corrected chi connectivity index (χ0v) is 14.6. The largest absolute Gasteiger partial charge is 0.493 e. The number of hydrogen-bond acceptors (Lipinski definition) is 5. The maximum Gasteiger partial charge on any atom is 0.228 e. The van der Waals surface area contributed by atoms with Crippen LogP contribution in [0.2, 0.25) is 0 Å². The molecular weight excluding hydrogens is 330 g/mol. The van der Waals surface area contributed by atoms with E-state index in [0.717, 1.165) is 11.3 Å². The third-order valence-corrected chi connectivity index (χ3v) is 3.78. The molecule has 3 aromatic rings. The molecule has 0 aliphatic rings. The summed E-state index contributed by atoms with van der Waals surface area (Å²) >= 11 is 0. The Labute approximate surface area is 152 Å². The van der Waals surface area contributed by atoms with Gasteiger partial charge in [-0.1, -0.05) is 53.2 Å². The first-order chi connectivity index (χ1) is 12.7. The predicted molar refractivity (Wildman–Crippen MR) is 97.7 cm³/mol. The molecule has 26 heavy (non-hydrogen) atoms. The van der Waals surface area contributed by atoms with Crippen LogP contribution in [0.4, 0.5) is 0 Å². The monoisotopic (exact) mass is 351 g/mol. The van der Waals surface area contributed by atoms with Crippen molar-refractivity contribution in [1.82, 2.24) is 15.5 Å². The van der Waals surface area contributed by atoms with Crippen molar-refractivity contribution in [2.24, 2.45) is 0 Å². The van der Waals surface area contributed by atoms with Gasteiger partial charge in [-0.3, -0.25) is 4.79 Å². The molecule has 0 bridgehead atoms. The summed E-state index contributed by atoms with van der Waals surface area (Å²) in [5.74, 6) is 1.75. The summed E-state index contributed by atoms with van der Waals surface area (Å²) in [6.45, 7) is 2.81. The predicted octanol–water partition coefficient (Wildman–Crippen LogP) is 3.17. The summed E-state index contributed by atoms with van der Waals surface area (Å²) in [4.78, 5) is 16.2. The molecule has 0 fully saturated rings. The highest BCUT2D eigenvalue weighted by Crippen LogP contribution is 2.16. The number of nitrogens with zero attached hydrogens (tertiary/aromatic N) is 2. The zero-order valence-electron chi connectivity index (χ0n) is 14.6. The lowest BCUT2D eigenvalue weighted by Crippen LogP contribution is -2.27. The summed E-state index contributed by atoms with van der Waals surface area (Å²) < 4.78 is 10.7. The summed E-state index contributed by atoms with van der Waals surface area (Å²) in [6.07, 6.45) is 0.789. The number of rotatable bonds is 8. The number of carbonyl (C=O) groups excluding carboxylic acids is 1. The van der Waals surface area contributed by atoms with Gasteiger partial charge in [-0.25, -0.2) is 0 Å². The molecule has 1 N–H and O–H groups in total. The molecule has 134 valence electrons. The van der Waals surface area contributed by atoms with Crippen LogP contribution in [0.5, 0.6) is 5.75 Å². The van der Waals surface area contributed by atoms with E-state index in [1.54, 1.807) is 0 Å². The second-order valence-electron chi connectivity index (χ2n) is 5.89. The molecule has 6 nitrogen and oxygen atoms in total. The first-order valence-electron chi connectivity index (χ1n) is 8.55. The Morgan fingerprint density at radius 1 is 1.12 bits per heavy atom. The lowest BCUT2D eigenvalue weighted by molar-refractivity contribution is -0.121. The number of para-hydroxylation sites is 1. The van der Waals surface area contributed by atoms with Gasteiger partial charge >= 0.3 is 0 Å². The highest BCUT2D eigenvalue weighted by molar-refractivity contribution is 5.75. The van der Waals surface area contributed by atoms with E-state index in [1.807, 2.05) is 61.5 Å². The molecule has 0 aliphatic carbocycles. The van der Waals surface area contributed by atoms with E-state index in [0.29, 0.717) is 37.7 Å². The van der Waals surface area contributed by atoms with Crippen LogP contribution in [0, 0.1) is 6.92 Å². The Balaban J connectivity index is 1.38. The summed E-state index contributed by atoms with van der Waals surface area (Å²) in [6, 6.07) is 17.3. The Morgan fingerprint density at radius 2 is 1.88 bits per heavy atom. The van der Waals surface area contributed by atoms with Gasteiger partial charge in [0.1, 0.15) is 5.75 Å². The van der Waals surface area contributed by atoms with E-state index < -0.39 is 0 Å². The average Bonchev–Trinajstić information content (AvgIpc) is 3.12. The topological polar surface area (TPSA) is 77.2 Å². The Bertz CT molecular complexity index is 829. The van der Waals surface area contributed by atoms with E-state index in [4.69, 9.17) is 9.26 Å². The summed E-state index contributed by atoms with van der Waals surface area (Å²) in [5.41, 5.74) is 2.09. The molecule has 0 spiro atoms. The number of hydrogen-bond donors (Lipinski definition) is 1. The molecule has 3 rings (SSSR count). The molecule has 0 unspecified atom stereocenters. The van der Waals surface area contributed by atoms with Crippen molar-refractivity contribution in [2.75, 3.05) is 13.2 Å². The third kappa shape index (κ3) is 5.17. The Hall–Kier alpha value is -3.15. The van der Waals surface area contributed by atoms with Gasteiger partial charge in [0.05, 0.1) is 13.0 Å². The Morgan fingerprint density at radius 3 is 2.65 bits per heavy atom. The van der Waals surface area contributed by atoms with Crippen LogP contribution in [0.25, 0.3) is 11.4 Å². The van der Waals surface area contributed by atoms with Crippen molar-refractivity contribution in [3.8, 4) is 17.1 Å². The molecule has 0 saturated carbocycles. The molecule has 1 heterocycles. The van der Waals surface area contributed by atoms with Crippen molar-refractivity contribution in [2.45, 2.75) is 19.8 Å². The Kier molecular flexibility index (Phi) is 5.98. The molecule has 1 aromatic heterocycles. The maximum absolute atomic E-state index is 11.8. The van der Waals surface area contributed by atoms with Gasteiger partial charge in [0.25, 0.3) is 0 Å². The maximum atomic E-state index is 11.8. The first-order valence-corrected chi connectivity index (χ1v) is 8.55. The van der Waals surface area contributed by atoms with Crippen molar-refractivity contribution < 1.29 is 14.1 Å². The molecule has 0 saturated heterocycles. The minimum atomic E-state index is -0.0702. The van der Waals surface area contributed by atoms with Gasteiger partial charge in [0.2, 0.25) is 17.6 Å². The van der Waals surface area contributed by atoms with E-state index in [-0.39, 0.29) is 5.91 Å². The molecule has 2 aromatic carbocycles. The fourth-order valence-corrected chi connectivity index (χ4v) is 2.35. The van der Waals surface area contributed by atoms with Crippen LogP contribution in [0.1, 0.15) is 17.9 Å². The van der Waals surface area contributed by atoms with Gasteiger partial charge < -0.3 is 14.6 Å². The van der Waals surface area contributed by atoms with Crippen LogP contribution < -0.4 is 10.1 Å². The average molecular weight is 351 g/mol. The van der Waals surface area contributed by atoms with E-state index in [9.17, 15) is 4.79 Å². The lowest BCUT2D eigenvalue weighted by atomic mass is 10.1. The molecule has 6 heteroatoms. The molecule has 0 atom stereocenters. The molecule has 0 aliphatic heterocycles. The number of carbonyl (C=O) groups is 1. The van der Waals surface area contributed by atoms with Gasteiger partial charge in [-0.15, -0.1) is 0 Å². The number of ether oxygens (including phenoxy) is 1. The zero-order chi connectivity index (χ0) is 18.2. The van der Waals surface area contributed by atoms with E-state index in [2.05, 4.69) is 15.5 Å².